The van der Waals surface area contributed by atoms with Crippen LogP contribution in [-0.2, 0) is 24.7 Å². The Morgan fingerprint density at radius 1 is 0.750 bits per heavy atom. The Labute approximate surface area is 172 Å². The van der Waals surface area contributed by atoms with Crippen molar-refractivity contribution in [1.82, 2.24) is 0 Å². The molecule has 3 heteroatoms. The molecule has 0 aliphatic heterocycles. The van der Waals surface area contributed by atoms with Crippen molar-refractivity contribution in [1.29, 1.82) is 0 Å². The van der Waals surface area contributed by atoms with Gasteiger partial charge in [0.2, 0.25) is 0 Å². The monoisotopic (exact) mass is 439 g/mol. The van der Waals surface area contributed by atoms with Crippen LogP contribution in [0, 0.1) is 0 Å². The molecule has 0 aromatic heterocycles. The molecule has 0 spiro atoms. The molecule has 129 valence electrons. The van der Waals surface area contributed by atoms with Gasteiger partial charge in [-0.15, -0.1) is 23.2 Å². The van der Waals surface area contributed by atoms with Crippen molar-refractivity contribution in [3.63, 3.8) is 0 Å². The number of halogens is 2. The van der Waals surface area contributed by atoms with E-state index in [1.165, 1.54) is 73.7 Å². The van der Waals surface area contributed by atoms with E-state index in [9.17, 15) is 0 Å². The third kappa shape index (κ3) is 3.61. The minimum absolute atomic E-state index is 0.260. The van der Waals surface area contributed by atoms with E-state index in [1.54, 1.807) is 24.7 Å². The fraction of sp³-hybridized carbons (Fsp3) is 0.619. The van der Waals surface area contributed by atoms with E-state index in [4.69, 9.17) is 23.2 Å². The molecule has 0 amide bonds. The van der Waals surface area contributed by atoms with Crippen molar-refractivity contribution >= 4 is 23.2 Å². The van der Waals surface area contributed by atoms with Gasteiger partial charge in [-0.05, 0) is 86.5 Å². The van der Waals surface area contributed by atoms with Crippen LogP contribution in [0.5, 0.6) is 0 Å². The zero-order valence-corrected chi connectivity index (χ0v) is 18.6. The van der Waals surface area contributed by atoms with Crippen molar-refractivity contribution in [3.05, 3.63) is 46.6 Å². The van der Waals surface area contributed by atoms with Crippen LogP contribution in [0.15, 0.2) is 46.6 Å². The van der Waals surface area contributed by atoms with Gasteiger partial charge in [0.05, 0.1) is 9.75 Å². The van der Waals surface area contributed by atoms with Crippen LogP contribution in [-0.4, -0.2) is 9.75 Å². The van der Waals surface area contributed by atoms with Gasteiger partial charge in [-0.25, -0.2) is 0 Å². The molecule has 4 rings (SSSR count). The molecule has 4 aliphatic rings. The zero-order valence-electron chi connectivity index (χ0n) is 14.6. The first-order valence-corrected chi connectivity index (χ1v) is 12.5. The predicted molar refractivity (Wildman–Crippen MR) is 102 cm³/mol. The summed E-state index contributed by atoms with van der Waals surface area (Å²) in [7, 11) is 0. The zero-order chi connectivity index (χ0) is 17.2. The fourth-order valence-corrected chi connectivity index (χ4v) is 5.42. The second kappa shape index (κ2) is 7.98. The Balaban J connectivity index is 0.000000815. The van der Waals surface area contributed by atoms with E-state index in [0.717, 1.165) is 12.8 Å². The van der Waals surface area contributed by atoms with Gasteiger partial charge < -0.3 is 0 Å². The maximum atomic E-state index is 7.02. The molecule has 4 aliphatic carbocycles. The molecular formula is C21H27Cl2Zr. The Bertz CT molecular complexity index is 559. The molecule has 0 N–H and O–H groups in total. The predicted octanol–water partition coefficient (Wildman–Crippen LogP) is 7.18. The van der Waals surface area contributed by atoms with Crippen LogP contribution in [0.1, 0.15) is 64.2 Å². The van der Waals surface area contributed by atoms with E-state index in [-0.39, 0.29) is 9.75 Å². The molecule has 0 saturated heterocycles. The number of alkyl halides is 2. The topological polar surface area (TPSA) is 0 Å². The molecule has 0 bridgehead atoms. The Morgan fingerprint density at radius 2 is 1.12 bits per heavy atom. The summed E-state index contributed by atoms with van der Waals surface area (Å²) in [5.41, 5.74) is 5.98. The summed E-state index contributed by atoms with van der Waals surface area (Å²) < 4.78 is 2.09. The number of rotatable bonds is 3. The normalized spacial score (nSPS) is 34.1. The van der Waals surface area contributed by atoms with Crippen LogP contribution in [0.25, 0.3) is 0 Å². The average molecular weight is 442 g/mol. The van der Waals surface area contributed by atoms with Crippen molar-refractivity contribution in [2.24, 2.45) is 0 Å². The second-order valence-electron chi connectivity index (χ2n) is 7.31. The quantitative estimate of drug-likeness (QED) is 0.407. The van der Waals surface area contributed by atoms with E-state index in [0.29, 0.717) is 0 Å². The fourth-order valence-electron chi connectivity index (χ4n) is 4.67. The Kier molecular flexibility index (Phi) is 6.38. The van der Waals surface area contributed by atoms with Gasteiger partial charge in [-0.1, -0.05) is 24.3 Å². The van der Waals surface area contributed by atoms with Gasteiger partial charge in [0.15, 0.2) is 0 Å². The summed E-state index contributed by atoms with van der Waals surface area (Å²) in [5.74, 6) is 0. The molecule has 24 heavy (non-hydrogen) atoms. The molecule has 0 heterocycles. The van der Waals surface area contributed by atoms with E-state index < -0.39 is 0 Å². The summed E-state index contributed by atoms with van der Waals surface area (Å²) in [4.78, 5) is -0.521. The van der Waals surface area contributed by atoms with E-state index >= 15 is 0 Å². The van der Waals surface area contributed by atoms with Crippen LogP contribution < -0.4 is 0 Å². The number of allylic oxidation sites excluding steroid dienone is 8. The van der Waals surface area contributed by atoms with Crippen LogP contribution in [0.4, 0.5) is 0 Å². The average Bonchev–Trinajstić information content (AvgIpc) is 3.15. The van der Waals surface area contributed by atoms with Gasteiger partial charge in [-0.2, -0.15) is 0 Å². The Morgan fingerprint density at radius 3 is 1.54 bits per heavy atom. The van der Waals surface area contributed by atoms with Crippen LogP contribution in [0.2, 0.25) is 4.63 Å². The van der Waals surface area contributed by atoms with Crippen LogP contribution >= 0.6 is 23.2 Å². The Hall–Kier alpha value is 0.423. The standard InChI is InChI=1S/C20H24Cl2.CH3.Zr/c21-19(11-9-15-5-1-3-7-17(15)19)13-14-20(22)12-10-16-6-2-4-8-18(16)20;;/h9-12H,1-8,13-14H2;1H3;. The first-order chi connectivity index (χ1) is 11.6. The van der Waals surface area contributed by atoms with Gasteiger partial charge in [0, 0.05) is 0 Å². The number of hydrogen-bond acceptors (Lipinski definition) is 0. The molecule has 2 unspecified atom stereocenters. The summed E-state index contributed by atoms with van der Waals surface area (Å²) in [5, 5.41) is 0. The van der Waals surface area contributed by atoms with Crippen molar-refractivity contribution in [3.8, 4) is 0 Å². The van der Waals surface area contributed by atoms with Crippen molar-refractivity contribution in [2.75, 3.05) is 0 Å². The van der Waals surface area contributed by atoms with E-state index in [1.807, 2.05) is 0 Å². The first-order valence-electron chi connectivity index (χ1n) is 9.32. The molecule has 0 radical (unpaired) electrons. The molecule has 0 nitrogen and oxygen atoms in total. The third-order valence-electron chi connectivity index (χ3n) is 5.97. The first kappa shape index (κ1) is 19.2. The van der Waals surface area contributed by atoms with Gasteiger partial charge >= 0.3 is 29.4 Å². The van der Waals surface area contributed by atoms with Gasteiger partial charge in [0.25, 0.3) is 0 Å². The molecular weight excluding hydrogens is 414 g/mol. The van der Waals surface area contributed by atoms with Crippen molar-refractivity contribution < 1.29 is 24.7 Å². The maximum absolute atomic E-state index is 7.02. The summed E-state index contributed by atoms with van der Waals surface area (Å²) in [6.45, 7) is 0. The van der Waals surface area contributed by atoms with E-state index in [2.05, 4.69) is 28.9 Å². The molecule has 2 atom stereocenters. The summed E-state index contributed by atoms with van der Waals surface area (Å²) >= 11 is 15.6. The molecule has 0 aromatic rings. The minimum atomic E-state index is -0.260. The number of hydrogen-bond donors (Lipinski definition) is 0. The van der Waals surface area contributed by atoms with Crippen LogP contribution in [0.3, 0.4) is 0 Å². The van der Waals surface area contributed by atoms with Gasteiger partial charge in [-0.3, -0.25) is 0 Å². The summed E-state index contributed by atoms with van der Waals surface area (Å²) in [6.07, 6.45) is 20.9. The second-order valence-corrected chi connectivity index (χ2v) is 8.66. The SMILES string of the molecule is ClC1(CCC2(Cl)C=CC3=C2CCCC3)C=CC2=C1CCCC2.[CH3][Zr]. The molecule has 0 aromatic carbocycles. The third-order valence-corrected chi connectivity index (χ3v) is 7.06. The molecule has 0 saturated carbocycles. The summed E-state index contributed by atoms with van der Waals surface area (Å²) in [6, 6.07) is 0. The molecule has 0 fully saturated rings. The van der Waals surface area contributed by atoms with Gasteiger partial charge in [0.1, 0.15) is 0 Å². The van der Waals surface area contributed by atoms with Crippen molar-refractivity contribution in [2.45, 2.75) is 78.6 Å².